The number of carbonyl (C=O) groups is 1. The van der Waals surface area contributed by atoms with Crippen LogP contribution in [0, 0.1) is 6.92 Å². The second kappa shape index (κ2) is 6.72. The van der Waals surface area contributed by atoms with Gasteiger partial charge in [0, 0.05) is 11.3 Å². The zero-order valence-corrected chi connectivity index (χ0v) is 14.2. The maximum atomic E-state index is 10.8. The van der Waals surface area contributed by atoms with Crippen molar-refractivity contribution in [2.45, 2.75) is 6.92 Å². The Balaban J connectivity index is 1.87. The smallest absolute Gasteiger partial charge is 0.189 e. The second-order valence-electron chi connectivity index (χ2n) is 5.28. The molecule has 0 atom stereocenters. The van der Waals surface area contributed by atoms with Crippen LogP contribution >= 0.6 is 11.3 Å². The summed E-state index contributed by atoms with van der Waals surface area (Å²) in [5.41, 5.74) is 9.63. The number of anilines is 3. The lowest BCUT2D eigenvalue weighted by Crippen LogP contribution is -1.94. The van der Waals surface area contributed by atoms with Crippen molar-refractivity contribution < 1.29 is 9.53 Å². The SMILES string of the molecule is COc1ccc(Nc2nc(N)c(-c3ccc(C=O)cc3)s2)c(C)c1. The summed E-state index contributed by atoms with van der Waals surface area (Å²) in [7, 11) is 1.64. The summed E-state index contributed by atoms with van der Waals surface area (Å²) in [6, 6.07) is 13.1. The van der Waals surface area contributed by atoms with Crippen LogP contribution in [0.5, 0.6) is 5.75 Å². The molecule has 1 heterocycles. The highest BCUT2D eigenvalue weighted by Crippen LogP contribution is 2.36. The first-order valence-electron chi connectivity index (χ1n) is 7.34. The highest BCUT2D eigenvalue weighted by Gasteiger charge is 2.12. The molecule has 122 valence electrons. The minimum Gasteiger partial charge on any atom is -0.497 e. The molecule has 0 saturated heterocycles. The highest BCUT2D eigenvalue weighted by atomic mass is 32.1. The van der Waals surface area contributed by atoms with E-state index in [0.717, 1.165) is 38.9 Å². The third-order valence-electron chi connectivity index (χ3n) is 3.64. The summed E-state index contributed by atoms with van der Waals surface area (Å²) in [5.74, 6) is 1.28. The predicted octanol–water partition coefficient (Wildman–Crippen LogP) is 4.27. The Morgan fingerprint density at radius 2 is 1.96 bits per heavy atom. The number of benzene rings is 2. The Kier molecular flexibility index (Phi) is 4.48. The average Bonchev–Trinajstić information content (AvgIpc) is 2.97. The van der Waals surface area contributed by atoms with E-state index in [2.05, 4.69) is 10.3 Å². The summed E-state index contributed by atoms with van der Waals surface area (Å²) in [6.07, 6.45) is 0.819. The molecule has 24 heavy (non-hydrogen) atoms. The number of aromatic nitrogens is 1. The average molecular weight is 339 g/mol. The number of carbonyl (C=O) groups excluding carboxylic acids is 1. The molecule has 0 spiro atoms. The van der Waals surface area contributed by atoms with Gasteiger partial charge in [-0.1, -0.05) is 35.6 Å². The monoisotopic (exact) mass is 339 g/mol. The van der Waals surface area contributed by atoms with Crippen LogP contribution in [0.2, 0.25) is 0 Å². The minimum absolute atomic E-state index is 0.465. The van der Waals surface area contributed by atoms with Gasteiger partial charge in [0.15, 0.2) is 5.13 Å². The number of aldehydes is 1. The number of hydrogen-bond acceptors (Lipinski definition) is 6. The van der Waals surface area contributed by atoms with Gasteiger partial charge in [-0.15, -0.1) is 0 Å². The van der Waals surface area contributed by atoms with Gasteiger partial charge in [0.05, 0.1) is 12.0 Å². The van der Waals surface area contributed by atoms with Gasteiger partial charge in [-0.05, 0) is 36.2 Å². The van der Waals surface area contributed by atoms with E-state index in [0.29, 0.717) is 11.4 Å². The van der Waals surface area contributed by atoms with E-state index in [1.165, 1.54) is 11.3 Å². The molecule has 0 fully saturated rings. The van der Waals surface area contributed by atoms with Crippen molar-refractivity contribution in [3.63, 3.8) is 0 Å². The molecule has 0 bridgehead atoms. The Morgan fingerprint density at radius 1 is 1.21 bits per heavy atom. The molecule has 0 aliphatic carbocycles. The molecule has 0 radical (unpaired) electrons. The van der Waals surface area contributed by atoms with Gasteiger partial charge in [0.1, 0.15) is 17.9 Å². The molecule has 2 aromatic carbocycles. The number of hydrogen-bond donors (Lipinski definition) is 2. The summed E-state index contributed by atoms with van der Waals surface area (Å²) in [4.78, 5) is 16.0. The van der Waals surface area contributed by atoms with Crippen LogP contribution in [0.25, 0.3) is 10.4 Å². The summed E-state index contributed by atoms with van der Waals surface area (Å²) in [6.45, 7) is 2.00. The maximum absolute atomic E-state index is 10.8. The van der Waals surface area contributed by atoms with Crippen LogP contribution in [0.1, 0.15) is 15.9 Å². The fraction of sp³-hybridized carbons (Fsp3) is 0.111. The third-order valence-corrected chi connectivity index (χ3v) is 4.67. The Hall–Kier alpha value is -2.86. The number of nitrogens with zero attached hydrogens (tertiary/aromatic N) is 1. The van der Waals surface area contributed by atoms with Crippen molar-refractivity contribution in [3.05, 3.63) is 53.6 Å². The lowest BCUT2D eigenvalue weighted by molar-refractivity contribution is 0.112. The molecule has 0 saturated carbocycles. The maximum Gasteiger partial charge on any atom is 0.189 e. The van der Waals surface area contributed by atoms with E-state index < -0.39 is 0 Å². The summed E-state index contributed by atoms with van der Waals surface area (Å²) in [5, 5.41) is 4.01. The van der Waals surface area contributed by atoms with Gasteiger partial charge in [-0.25, -0.2) is 4.98 Å². The third kappa shape index (κ3) is 3.23. The molecular weight excluding hydrogens is 322 g/mol. The Labute approximate surface area is 144 Å². The van der Waals surface area contributed by atoms with Gasteiger partial charge in [0.25, 0.3) is 0 Å². The first-order valence-corrected chi connectivity index (χ1v) is 8.16. The molecule has 3 aromatic rings. The molecule has 0 aliphatic heterocycles. The second-order valence-corrected chi connectivity index (χ2v) is 6.28. The number of ether oxygens (including phenoxy) is 1. The molecule has 0 amide bonds. The van der Waals surface area contributed by atoms with Gasteiger partial charge >= 0.3 is 0 Å². The van der Waals surface area contributed by atoms with Gasteiger partial charge in [-0.3, -0.25) is 4.79 Å². The first-order chi connectivity index (χ1) is 11.6. The van der Waals surface area contributed by atoms with Crippen molar-refractivity contribution in [2.24, 2.45) is 0 Å². The predicted molar refractivity (Wildman–Crippen MR) is 98.4 cm³/mol. The molecule has 0 aliphatic rings. The molecule has 5 nitrogen and oxygen atoms in total. The van der Waals surface area contributed by atoms with Crippen LogP contribution in [0.15, 0.2) is 42.5 Å². The van der Waals surface area contributed by atoms with Crippen LogP contribution in [-0.2, 0) is 0 Å². The molecule has 3 rings (SSSR count). The normalized spacial score (nSPS) is 10.4. The lowest BCUT2D eigenvalue weighted by Gasteiger charge is -2.08. The van der Waals surface area contributed by atoms with Gasteiger partial charge in [0.2, 0.25) is 0 Å². The summed E-state index contributed by atoms with van der Waals surface area (Å²) < 4.78 is 5.21. The first kappa shape index (κ1) is 16.0. The van der Waals surface area contributed by atoms with Crippen molar-refractivity contribution in [3.8, 4) is 16.2 Å². The Bertz CT molecular complexity index is 872. The molecule has 1 aromatic heterocycles. The number of nitrogens with two attached hydrogens (primary N) is 1. The van der Waals surface area contributed by atoms with Crippen LogP contribution < -0.4 is 15.8 Å². The van der Waals surface area contributed by atoms with Crippen molar-refractivity contribution in [2.75, 3.05) is 18.2 Å². The fourth-order valence-corrected chi connectivity index (χ4v) is 3.23. The number of nitrogen functional groups attached to an aromatic ring is 1. The van der Waals surface area contributed by atoms with E-state index in [1.54, 1.807) is 19.2 Å². The lowest BCUT2D eigenvalue weighted by atomic mass is 10.1. The largest absolute Gasteiger partial charge is 0.497 e. The number of methoxy groups -OCH3 is 1. The van der Waals surface area contributed by atoms with Crippen LogP contribution in [-0.4, -0.2) is 18.4 Å². The highest BCUT2D eigenvalue weighted by molar-refractivity contribution is 7.19. The quantitative estimate of drug-likeness (QED) is 0.679. The number of aryl methyl sites for hydroxylation is 1. The molecule has 0 unspecified atom stereocenters. The zero-order chi connectivity index (χ0) is 17.1. The van der Waals surface area contributed by atoms with E-state index in [4.69, 9.17) is 10.5 Å². The molecule has 3 N–H and O–H groups in total. The molecule has 6 heteroatoms. The number of nitrogens with one attached hydrogen (secondary N) is 1. The van der Waals surface area contributed by atoms with Crippen molar-refractivity contribution >= 4 is 34.3 Å². The van der Waals surface area contributed by atoms with E-state index in [1.807, 2.05) is 37.3 Å². The van der Waals surface area contributed by atoms with Crippen LogP contribution in [0.3, 0.4) is 0 Å². The van der Waals surface area contributed by atoms with E-state index in [9.17, 15) is 4.79 Å². The van der Waals surface area contributed by atoms with Gasteiger partial charge < -0.3 is 15.8 Å². The van der Waals surface area contributed by atoms with Crippen molar-refractivity contribution in [1.82, 2.24) is 4.98 Å². The topological polar surface area (TPSA) is 77.2 Å². The minimum atomic E-state index is 0.465. The van der Waals surface area contributed by atoms with E-state index >= 15 is 0 Å². The van der Waals surface area contributed by atoms with Crippen molar-refractivity contribution in [1.29, 1.82) is 0 Å². The fourth-order valence-electron chi connectivity index (χ4n) is 2.32. The standard InChI is InChI=1S/C18H17N3O2S/c1-11-9-14(23-2)7-8-15(11)20-18-21-17(19)16(24-18)13-5-3-12(10-22)4-6-13/h3-10H,19H2,1-2H3,(H,20,21). The zero-order valence-electron chi connectivity index (χ0n) is 13.4. The van der Waals surface area contributed by atoms with Crippen LogP contribution in [0.4, 0.5) is 16.6 Å². The van der Waals surface area contributed by atoms with E-state index in [-0.39, 0.29) is 0 Å². The molecular formula is C18H17N3O2S. The number of thiazole rings is 1. The number of rotatable bonds is 5. The summed E-state index contributed by atoms with van der Waals surface area (Å²) >= 11 is 1.47. The Morgan fingerprint density at radius 3 is 2.58 bits per heavy atom. The van der Waals surface area contributed by atoms with Gasteiger partial charge in [-0.2, -0.15) is 0 Å².